The highest BCUT2D eigenvalue weighted by atomic mass is 32.2. The molecule has 0 amide bonds. The summed E-state index contributed by atoms with van der Waals surface area (Å²) in [5.74, 6) is 1.57. The number of likely N-dealkylation sites (tertiary alicyclic amines) is 1. The van der Waals surface area contributed by atoms with Crippen LogP contribution in [0.25, 0.3) is 0 Å². The van der Waals surface area contributed by atoms with E-state index in [2.05, 4.69) is 30.0 Å². The quantitative estimate of drug-likeness (QED) is 0.715. The molecule has 4 nitrogen and oxygen atoms in total. The Balaban J connectivity index is 2.26. The van der Waals surface area contributed by atoms with E-state index in [4.69, 9.17) is 0 Å². The summed E-state index contributed by atoms with van der Waals surface area (Å²) < 4.78 is 25.8. The van der Waals surface area contributed by atoms with E-state index in [0.29, 0.717) is 24.8 Å². The maximum absolute atomic E-state index is 11.6. The number of allylic oxidation sites excluding steroid dienone is 1. The molecule has 1 saturated heterocycles. The molecule has 5 heteroatoms. The SMILES string of the molecule is C=CCCS(=O)(=O)NCCN1C[C@H](C)C[C@@H](C)C1. The van der Waals surface area contributed by atoms with Crippen molar-refractivity contribution in [1.82, 2.24) is 9.62 Å². The van der Waals surface area contributed by atoms with Crippen LogP contribution in [0.15, 0.2) is 12.7 Å². The van der Waals surface area contributed by atoms with Gasteiger partial charge in [0, 0.05) is 26.2 Å². The molecule has 106 valence electrons. The Labute approximate surface area is 111 Å². The Kier molecular flexibility index (Phi) is 6.32. The molecule has 0 unspecified atom stereocenters. The van der Waals surface area contributed by atoms with E-state index >= 15 is 0 Å². The van der Waals surface area contributed by atoms with E-state index in [1.807, 2.05) is 0 Å². The number of hydrogen-bond donors (Lipinski definition) is 1. The molecule has 0 aromatic heterocycles. The second-order valence-electron chi connectivity index (χ2n) is 5.50. The number of hydrogen-bond acceptors (Lipinski definition) is 3. The van der Waals surface area contributed by atoms with Crippen LogP contribution in [0, 0.1) is 11.8 Å². The Morgan fingerprint density at radius 3 is 2.50 bits per heavy atom. The lowest BCUT2D eigenvalue weighted by molar-refractivity contribution is 0.143. The second kappa shape index (κ2) is 7.26. The summed E-state index contributed by atoms with van der Waals surface area (Å²) in [6, 6.07) is 0. The monoisotopic (exact) mass is 274 g/mol. The van der Waals surface area contributed by atoms with Gasteiger partial charge in [0.15, 0.2) is 0 Å². The molecule has 2 atom stereocenters. The van der Waals surface area contributed by atoms with Gasteiger partial charge >= 0.3 is 0 Å². The van der Waals surface area contributed by atoms with Crippen LogP contribution in [-0.4, -0.2) is 45.2 Å². The maximum atomic E-state index is 11.6. The molecule has 18 heavy (non-hydrogen) atoms. The minimum absolute atomic E-state index is 0.142. The van der Waals surface area contributed by atoms with Crippen molar-refractivity contribution in [3.8, 4) is 0 Å². The third-order valence-electron chi connectivity index (χ3n) is 3.29. The molecule has 0 spiro atoms. The number of piperidine rings is 1. The standard InChI is InChI=1S/C13H26N2O2S/c1-4-5-8-18(16,17)14-6-7-15-10-12(2)9-13(3)11-15/h4,12-14H,1,5-11H2,2-3H3/t12-,13-/m1/s1. The van der Waals surface area contributed by atoms with Crippen LogP contribution in [0.5, 0.6) is 0 Å². The van der Waals surface area contributed by atoms with Gasteiger partial charge in [0.25, 0.3) is 0 Å². The van der Waals surface area contributed by atoms with Crippen molar-refractivity contribution in [2.45, 2.75) is 26.7 Å². The average molecular weight is 274 g/mol. The first-order chi connectivity index (χ1) is 8.43. The van der Waals surface area contributed by atoms with Gasteiger partial charge in [-0.1, -0.05) is 19.9 Å². The van der Waals surface area contributed by atoms with Gasteiger partial charge in [-0.3, -0.25) is 0 Å². The fourth-order valence-electron chi connectivity index (χ4n) is 2.64. The van der Waals surface area contributed by atoms with Gasteiger partial charge in [-0.05, 0) is 24.7 Å². The van der Waals surface area contributed by atoms with Gasteiger partial charge in [0.1, 0.15) is 0 Å². The van der Waals surface area contributed by atoms with E-state index in [1.54, 1.807) is 6.08 Å². The Morgan fingerprint density at radius 2 is 1.94 bits per heavy atom. The molecule has 1 rings (SSSR count). The molecule has 0 aliphatic carbocycles. The first-order valence-electron chi connectivity index (χ1n) is 6.73. The molecule has 0 bridgehead atoms. The predicted octanol–water partition coefficient (Wildman–Crippen LogP) is 1.46. The van der Waals surface area contributed by atoms with Crippen molar-refractivity contribution < 1.29 is 8.42 Å². The van der Waals surface area contributed by atoms with E-state index in [0.717, 1.165) is 19.6 Å². The molecule has 1 N–H and O–H groups in total. The third kappa shape index (κ3) is 5.98. The van der Waals surface area contributed by atoms with E-state index < -0.39 is 10.0 Å². The lowest BCUT2D eigenvalue weighted by Crippen LogP contribution is -2.43. The van der Waals surface area contributed by atoms with Gasteiger partial charge < -0.3 is 4.90 Å². The topological polar surface area (TPSA) is 49.4 Å². The fraction of sp³-hybridized carbons (Fsp3) is 0.846. The summed E-state index contributed by atoms with van der Waals surface area (Å²) in [6.07, 6.45) is 3.42. The zero-order valence-corrected chi connectivity index (χ0v) is 12.4. The highest BCUT2D eigenvalue weighted by Crippen LogP contribution is 2.20. The minimum Gasteiger partial charge on any atom is -0.302 e. The van der Waals surface area contributed by atoms with Crippen LogP contribution in [0.1, 0.15) is 26.7 Å². The van der Waals surface area contributed by atoms with Crippen molar-refractivity contribution in [3.05, 3.63) is 12.7 Å². The van der Waals surface area contributed by atoms with Crippen molar-refractivity contribution in [1.29, 1.82) is 0 Å². The predicted molar refractivity (Wildman–Crippen MR) is 76.0 cm³/mol. The van der Waals surface area contributed by atoms with E-state index in [1.165, 1.54) is 6.42 Å². The first-order valence-corrected chi connectivity index (χ1v) is 8.38. The molecular weight excluding hydrogens is 248 g/mol. The average Bonchev–Trinajstić information content (AvgIpc) is 2.25. The molecule has 1 aliphatic rings. The van der Waals surface area contributed by atoms with Gasteiger partial charge in [0.05, 0.1) is 5.75 Å². The van der Waals surface area contributed by atoms with Crippen LogP contribution in [0.4, 0.5) is 0 Å². The molecule has 0 saturated carbocycles. The zero-order valence-electron chi connectivity index (χ0n) is 11.6. The van der Waals surface area contributed by atoms with Crippen molar-refractivity contribution in [2.24, 2.45) is 11.8 Å². The van der Waals surface area contributed by atoms with Crippen LogP contribution < -0.4 is 4.72 Å². The number of sulfonamides is 1. The second-order valence-corrected chi connectivity index (χ2v) is 7.42. The maximum Gasteiger partial charge on any atom is 0.211 e. The number of nitrogens with one attached hydrogen (secondary N) is 1. The minimum atomic E-state index is -3.12. The molecule has 0 radical (unpaired) electrons. The van der Waals surface area contributed by atoms with Gasteiger partial charge in [-0.25, -0.2) is 13.1 Å². The highest BCUT2D eigenvalue weighted by molar-refractivity contribution is 7.89. The fourth-order valence-corrected chi connectivity index (χ4v) is 3.67. The summed E-state index contributed by atoms with van der Waals surface area (Å²) in [4.78, 5) is 2.36. The van der Waals surface area contributed by atoms with Crippen LogP contribution in [0.3, 0.4) is 0 Å². The Morgan fingerprint density at radius 1 is 1.33 bits per heavy atom. The van der Waals surface area contributed by atoms with Crippen molar-refractivity contribution in [3.63, 3.8) is 0 Å². The molecule has 0 aromatic carbocycles. The van der Waals surface area contributed by atoms with E-state index in [9.17, 15) is 8.42 Å². The van der Waals surface area contributed by atoms with Gasteiger partial charge in [0.2, 0.25) is 10.0 Å². The van der Waals surface area contributed by atoms with E-state index in [-0.39, 0.29) is 5.75 Å². The number of rotatable bonds is 7. The summed E-state index contributed by atoms with van der Waals surface area (Å²) >= 11 is 0. The summed E-state index contributed by atoms with van der Waals surface area (Å²) in [5, 5.41) is 0. The van der Waals surface area contributed by atoms with Crippen LogP contribution in [-0.2, 0) is 10.0 Å². The largest absolute Gasteiger partial charge is 0.302 e. The lowest BCUT2D eigenvalue weighted by Gasteiger charge is -2.34. The normalized spacial score (nSPS) is 26.1. The van der Waals surface area contributed by atoms with Crippen LogP contribution in [0.2, 0.25) is 0 Å². The van der Waals surface area contributed by atoms with Crippen LogP contribution >= 0.6 is 0 Å². The summed E-state index contributed by atoms with van der Waals surface area (Å²) in [7, 11) is -3.12. The Bertz CT molecular complexity index is 344. The summed E-state index contributed by atoms with van der Waals surface area (Å²) in [6.45, 7) is 11.5. The molecule has 1 aliphatic heterocycles. The Hall–Kier alpha value is -0.390. The molecule has 1 fully saturated rings. The molecule has 0 aromatic rings. The number of nitrogens with zero attached hydrogens (tertiary/aromatic N) is 1. The molecular formula is C13H26N2O2S. The van der Waals surface area contributed by atoms with Crippen molar-refractivity contribution >= 4 is 10.0 Å². The highest BCUT2D eigenvalue weighted by Gasteiger charge is 2.21. The third-order valence-corrected chi connectivity index (χ3v) is 4.70. The first kappa shape index (κ1) is 15.7. The van der Waals surface area contributed by atoms with Gasteiger partial charge in [-0.15, -0.1) is 6.58 Å². The lowest BCUT2D eigenvalue weighted by atomic mass is 9.92. The summed E-state index contributed by atoms with van der Waals surface area (Å²) in [5.41, 5.74) is 0. The zero-order chi connectivity index (χ0) is 13.6. The molecule has 1 heterocycles. The van der Waals surface area contributed by atoms with Crippen molar-refractivity contribution in [2.75, 3.05) is 31.9 Å². The van der Waals surface area contributed by atoms with Gasteiger partial charge in [-0.2, -0.15) is 0 Å². The smallest absolute Gasteiger partial charge is 0.211 e.